The van der Waals surface area contributed by atoms with E-state index in [1.165, 1.54) is 11.1 Å². The van der Waals surface area contributed by atoms with Gasteiger partial charge in [-0.25, -0.2) is 4.98 Å². The molecule has 0 amide bonds. The zero-order chi connectivity index (χ0) is 15.9. The molecule has 3 nitrogen and oxygen atoms in total. The lowest BCUT2D eigenvalue weighted by atomic mass is 10.1. The highest BCUT2D eigenvalue weighted by molar-refractivity contribution is 5.54. The van der Waals surface area contributed by atoms with E-state index in [9.17, 15) is 5.26 Å². The van der Waals surface area contributed by atoms with Gasteiger partial charge in [0, 0.05) is 19.3 Å². The number of anilines is 1. The standard InChI is InChI=1S/C20H17N3/c21-14-19-12-7-13-22-20(19)23(15-17-8-3-1-4-9-17)16-18-10-5-2-6-11-18/h1-13H,15-16H2. The molecule has 0 aliphatic rings. The largest absolute Gasteiger partial charge is 0.347 e. The first-order valence-corrected chi connectivity index (χ1v) is 7.55. The first-order chi connectivity index (χ1) is 11.4. The van der Waals surface area contributed by atoms with Gasteiger partial charge in [-0.15, -0.1) is 0 Å². The van der Waals surface area contributed by atoms with E-state index in [1.807, 2.05) is 42.5 Å². The Morgan fingerprint density at radius 2 is 1.35 bits per heavy atom. The second-order valence-corrected chi connectivity index (χ2v) is 5.31. The maximum atomic E-state index is 9.38. The minimum absolute atomic E-state index is 0.597. The predicted molar refractivity (Wildman–Crippen MR) is 91.7 cm³/mol. The summed E-state index contributed by atoms with van der Waals surface area (Å²) in [6.45, 7) is 1.42. The van der Waals surface area contributed by atoms with Crippen LogP contribution in [0, 0.1) is 11.3 Å². The number of nitrogens with zero attached hydrogens (tertiary/aromatic N) is 3. The van der Waals surface area contributed by atoms with Crippen molar-refractivity contribution in [2.45, 2.75) is 13.1 Å². The van der Waals surface area contributed by atoms with Gasteiger partial charge in [-0.3, -0.25) is 0 Å². The Balaban J connectivity index is 1.94. The molecule has 3 aromatic rings. The predicted octanol–water partition coefficient (Wildman–Crippen LogP) is 4.16. The van der Waals surface area contributed by atoms with E-state index in [1.54, 1.807) is 12.3 Å². The van der Waals surface area contributed by atoms with Gasteiger partial charge in [-0.2, -0.15) is 5.26 Å². The van der Waals surface area contributed by atoms with E-state index in [2.05, 4.69) is 40.2 Å². The number of hydrogen-bond acceptors (Lipinski definition) is 3. The van der Waals surface area contributed by atoms with Gasteiger partial charge in [-0.1, -0.05) is 60.7 Å². The molecule has 0 unspecified atom stereocenters. The molecule has 0 spiro atoms. The third kappa shape index (κ3) is 3.75. The molecule has 0 saturated heterocycles. The summed E-state index contributed by atoms with van der Waals surface area (Å²) in [7, 11) is 0. The van der Waals surface area contributed by atoms with Crippen molar-refractivity contribution in [3.8, 4) is 6.07 Å². The van der Waals surface area contributed by atoms with Gasteiger partial charge in [0.25, 0.3) is 0 Å². The lowest BCUT2D eigenvalue weighted by Gasteiger charge is -2.25. The minimum Gasteiger partial charge on any atom is -0.347 e. The zero-order valence-electron chi connectivity index (χ0n) is 12.8. The van der Waals surface area contributed by atoms with Crippen LogP contribution in [0.25, 0.3) is 0 Å². The molecule has 0 radical (unpaired) electrons. The van der Waals surface area contributed by atoms with Crippen molar-refractivity contribution in [1.82, 2.24) is 4.98 Å². The van der Waals surface area contributed by atoms with Crippen molar-refractivity contribution < 1.29 is 0 Å². The SMILES string of the molecule is N#Cc1cccnc1N(Cc1ccccc1)Cc1ccccc1. The van der Waals surface area contributed by atoms with Gasteiger partial charge in [0.1, 0.15) is 11.9 Å². The third-order valence-electron chi connectivity index (χ3n) is 3.64. The van der Waals surface area contributed by atoms with E-state index >= 15 is 0 Å². The van der Waals surface area contributed by atoms with Crippen molar-refractivity contribution >= 4 is 5.82 Å². The topological polar surface area (TPSA) is 39.9 Å². The van der Waals surface area contributed by atoms with E-state index in [0.717, 1.165) is 5.82 Å². The van der Waals surface area contributed by atoms with Crippen LogP contribution in [0.2, 0.25) is 0 Å². The maximum absolute atomic E-state index is 9.38. The average Bonchev–Trinajstić information content (AvgIpc) is 2.63. The van der Waals surface area contributed by atoms with E-state index in [0.29, 0.717) is 18.7 Å². The fourth-order valence-electron chi connectivity index (χ4n) is 2.55. The first kappa shape index (κ1) is 14.8. The van der Waals surface area contributed by atoms with Crippen LogP contribution in [0.5, 0.6) is 0 Å². The summed E-state index contributed by atoms with van der Waals surface area (Å²) in [5, 5.41) is 9.38. The molecule has 3 heteroatoms. The molecule has 1 heterocycles. The van der Waals surface area contributed by atoms with Gasteiger partial charge in [0.2, 0.25) is 0 Å². The van der Waals surface area contributed by atoms with Gasteiger partial charge in [-0.05, 0) is 23.3 Å². The van der Waals surface area contributed by atoms with Gasteiger partial charge < -0.3 is 4.90 Å². The molecule has 0 atom stereocenters. The van der Waals surface area contributed by atoms with Crippen LogP contribution in [0.3, 0.4) is 0 Å². The Morgan fingerprint density at radius 1 is 0.783 bits per heavy atom. The van der Waals surface area contributed by atoms with Crippen LogP contribution in [-0.4, -0.2) is 4.98 Å². The number of benzene rings is 2. The van der Waals surface area contributed by atoms with Crippen LogP contribution in [0.1, 0.15) is 16.7 Å². The summed E-state index contributed by atoms with van der Waals surface area (Å²) in [6, 6.07) is 26.3. The van der Waals surface area contributed by atoms with Gasteiger partial charge in [0.05, 0.1) is 5.56 Å². The summed E-state index contributed by atoms with van der Waals surface area (Å²) in [4.78, 5) is 6.59. The second-order valence-electron chi connectivity index (χ2n) is 5.31. The fraction of sp³-hybridized carbons (Fsp3) is 0.100. The van der Waals surface area contributed by atoms with Crippen molar-refractivity contribution in [2.24, 2.45) is 0 Å². The summed E-state index contributed by atoms with van der Waals surface area (Å²) < 4.78 is 0. The van der Waals surface area contributed by atoms with Crippen LogP contribution in [0.4, 0.5) is 5.82 Å². The summed E-state index contributed by atoms with van der Waals surface area (Å²) in [5.41, 5.74) is 2.98. The molecule has 0 bridgehead atoms. The highest BCUT2D eigenvalue weighted by Crippen LogP contribution is 2.21. The lowest BCUT2D eigenvalue weighted by Crippen LogP contribution is -2.24. The molecular formula is C20H17N3. The quantitative estimate of drug-likeness (QED) is 0.710. The summed E-state index contributed by atoms with van der Waals surface area (Å²) in [6.07, 6.45) is 1.74. The number of hydrogen-bond donors (Lipinski definition) is 0. The smallest absolute Gasteiger partial charge is 0.147 e. The number of pyridine rings is 1. The number of nitriles is 1. The highest BCUT2D eigenvalue weighted by atomic mass is 15.2. The molecule has 1 aromatic heterocycles. The van der Waals surface area contributed by atoms with Crippen LogP contribution in [0.15, 0.2) is 79.0 Å². The van der Waals surface area contributed by atoms with Crippen LogP contribution >= 0.6 is 0 Å². The fourth-order valence-corrected chi connectivity index (χ4v) is 2.55. The average molecular weight is 299 g/mol. The number of rotatable bonds is 5. The normalized spacial score (nSPS) is 10.0. The van der Waals surface area contributed by atoms with E-state index < -0.39 is 0 Å². The molecule has 3 rings (SSSR count). The van der Waals surface area contributed by atoms with E-state index in [-0.39, 0.29) is 0 Å². The highest BCUT2D eigenvalue weighted by Gasteiger charge is 2.13. The molecule has 0 aliphatic heterocycles. The zero-order valence-corrected chi connectivity index (χ0v) is 12.8. The molecule has 23 heavy (non-hydrogen) atoms. The maximum Gasteiger partial charge on any atom is 0.147 e. The monoisotopic (exact) mass is 299 g/mol. The van der Waals surface area contributed by atoms with Crippen LogP contribution < -0.4 is 4.90 Å². The van der Waals surface area contributed by atoms with Crippen LogP contribution in [-0.2, 0) is 13.1 Å². The second kappa shape index (κ2) is 7.24. The Labute approximate surface area is 136 Å². The van der Waals surface area contributed by atoms with Crippen molar-refractivity contribution in [2.75, 3.05) is 4.90 Å². The Kier molecular flexibility index (Phi) is 4.66. The molecule has 112 valence electrons. The molecule has 0 aliphatic carbocycles. The minimum atomic E-state index is 0.597. The lowest BCUT2D eigenvalue weighted by molar-refractivity contribution is 0.782. The number of aromatic nitrogens is 1. The molecule has 0 saturated carbocycles. The Hall–Kier alpha value is -3.12. The van der Waals surface area contributed by atoms with Crippen molar-refractivity contribution in [3.63, 3.8) is 0 Å². The molecule has 0 fully saturated rings. The molecule has 2 aromatic carbocycles. The van der Waals surface area contributed by atoms with Gasteiger partial charge in [0.15, 0.2) is 0 Å². The van der Waals surface area contributed by atoms with E-state index in [4.69, 9.17) is 0 Å². The third-order valence-corrected chi connectivity index (χ3v) is 3.64. The first-order valence-electron chi connectivity index (χ1n) is 7.55. The molecular weight excluding hydrogens is 282 g/mol. The van der Waals surface area contributed by atoms with Crippen molar-refractivity contribution in [3.05, 3.63) is 95.7 Å². The Bertz CT molecular complexity index is 750. The molecule has 0 N–H and O–H groups in total. The van der Waals surface area contributed by atoms with Crippen molar-refractivity contribution in [1.29, 1.82) is 5.26 Å². The summed E-state index contributed by atoms with van der Waals surface area (Å²) in [5.74, 6) is 0.725. The Morgan fingerprint density at radius 3 is 1.87 bits per heavy atom. The van der Waals surface area contributed by atoms with Gasteiger partial charge >= 0.3 is 0 Å². The summed E-state index contributed by atoms with van der Waals surface area (Å²) >= 11 is 0.